The van der Waals surface area contributed by atoms with Crippen LogP contribution in [-0.4, -0.2) is 19.9 Å². The van der Waals surface area contributed by atoms with Gasteiger partial charge in [-0.2, -0.15) is 0 Å². The second-order valence-corrected chi connectivity index (χ2v) is 8.16. The SMILES string of the molecule is Cc1cc(Sc2ccc(F)cc2)c(S(C)(=O)=O)cc1C(=O)Cl. The summed E-state index contributed by atoms with van der Waals surface area (Å²) in [6.07, 6.45) is 1.06. The van der Waals surface area contributed by atoms with Crippen LogP contribution in [0.25, 0.3) is 0 Å². The molecule has 0 atom stereocenters. The third-order valence-electron chi connectivity index (χ3n) is 2.94. The fourth-order valence-corrected chi connectivity index (χ4v) is 4.33. The molecule has 3 nitrogen and oxygen atoms in total. The van der Waals surface area contributed by atoms with Gasteiger partial charge < -0.3 is 0 Å². The van der Waals surface area contributed by atoms with Gasteiger partial charge in [-0.15, -0.1) is 0 Å². The maximum absolute atomic E-state index is 12.9. The molecule has 0 amide bonds. The molecule has 0 spiro atoms. The monoisotopic (exact) mass is 358 g/mol. The predicted molar refractivity (Wildman–Crippen MR) is 85.0 cm³/mol. The van der Waals surface area contributed by atoms with Gasteiger partial charge in [0.05, 0.1) is 4.90 Å². The Bertz CT molecular complexity index is 831. The fraction of sp³-hybridized carbons (Fsp3) is 0.133. The lowest BCUT2D eigenvalue weighted by atomic mass is 10.1. The standard InChI is InChI=1S/C15H12ClFO3S2/c1-9-7-13(21-11-5-3-10(17)4-6-11)14(22(2,19)20)8-12(9)15(16)18/h3-8H,1-2H3. The van der Waals surface area contributed by atoms with Crippen molar-refractivity contribution in [2.75, 3.05) is 6.26 Å². The number of halogens is 2. The average Bonchev–Trinajstić information content (AvgIpc) is 2.39. The molecule has 0 N–H and O–H groups in total. The van der Waals surface area contributed by atoms with E-state index < -0.39 is 15.1 Å². The van der Waals surface area contributed by atoms with Gasteiger partial charge in [-0.1, -0.05) is 11.8 Å². The van der Waals surface area contributed by atoms with Crippen molar-refractivity contribution < 1.29 is 17.6 Å². The lowest BCUT2D eigenvalue weighted by molar-refractivity contribution is 0.108. The van der Waals surface area contributed by atoms with Gasteiger partial charge in [0.1, 0.15) is 5.82 Å². The molecule has 0 fully saturated rings. The van der Waals surface area contributed by atoms with Crippen LogP contribution >= 0.6 is 23.4 Å². The van der Waals surface area contributed by atoms with Crippen LogP contribution in [0.1, 0.15) is 15.9 Å². The molecule has 2 rings (SSSR count). The Hall–Kier alpha value is -1.37. The van der Waals surface area contributed by atoms with Gasteiger partial charge in [0.2, 0.25) is 0 Å². The summed E-state index contributed by atoms with van der Waals surface area (Å²) in [5, 5.41) is -0.708. The van der Waals surface area contributed by atoms with E-state index in [4.69, 9.17) is 11.6 Å². The average molecular weight is 359 g/mol. The van der Waals surface area contributed by atoms with Gasteiger partial charge in [0.25, 0.3) is 5.24 Å². The Morgan fingerprint density at radius 2 is 1.77 bits per heavy atom. The summed E-state index contributed by atoms with van der Waals surface area (Å²) in [5.74, 6) is -0.369. The minimum absolute atomic E-state index is 0.0245. The van der Waals surface area contributed by atoms with E-state index in [2.05, 4.69) is 0 Å². The number of rotatable bonds is 4. The van der Waals surface area contributed by atoms with E-state index in [1.807, 2.05) is 0 Å². The van der Waals surface area contributed by atoms with Crippen LogP contribution in [0.4, 0.5) is 4.39 Å². The molecular formula is C15H12ClFO3S2. The van der Waals surface area contributed by atoms with E-state index in [0.29, 0.717) is 15.4 Å². The lowest BCUT2D eigenvalue weighted by Crippen LogP contribution is -2.04. The number of benzene rings is 2. The first-order chi connectivity index (χ1) is 10.2. The van der Waals surface area contributed by atoms with Gasteiger partial charge in [-0.25, -0.2) is 12.8 Å². The summed E-state index contributed by atoms with van der Waals surface area (Å²) >= 11 is 6.66. The van der Waals surface area contributed by atoms with Crippen molar-refractivity contribution in [1.29, 1.82) is 0 Å². The highest BCUT2D eigenvalue weighted by atomic mass is 35.5. The number of carbonyl (C=O) groups excluding carboxylic acids is 1. The Kier molecular flexibility index (Phi) is 4.94. The second-order valence-electron chi connectivity index (χ2n) is 4.72. The zero-order valence-electron chi connectivity index (χ0n) is 11.8. The molecule has 0 aliphatic carbocycles. The van der Waals surface area contributed by atoms with Crippen LogP contribution in [0, 0.1) is 12.7 Å². The van der Waals surface area contributed by atoms with Crippen molar-refractivity contribution >= 4 is 38.4 Å². The van der Waals surface area contributed by atoms with Gasteiger partial charge in [0, 0.05) is 21.6 Å². The minimum Gasteiger partial charge on any atom is -0.276 e. The molecule has 0 saturated heterocycles. The lowest BCUT2D eigenvalue weighted by Gasteiger charge is -2.11. The van der Waals surface area contributed by atoms with Crippen LogP contribution in [0.5, 0.6) is 0 Å². The summed E-state index contributed by atoms with van der Waals surface area (Å²) in [7, 11) is -3.54. The van der Waals surface area contributed by atoms with Crippen molar-refractivity contribution in [2.45, 2.75) is 21.6 Å². The highest BCUT2D eigenvalue weighted by Gasteiger charge is 2.19. The smallest absolute Gasteiger partial charge is 0.252 e. The first-order valence-corrected chi connectivity index (χ1v) is 9.25. The molecule has 0 saturated carbocycles. The zero-order valence-corrected chi connectivity index (χ0v) is 14.2. The van der Waals surface area contributed by atoms with Crippen molar-refractivity contribution in [3.8, 4) is 0 Å². The highest BCUT2D eigenvalue weighted by molar-refractivity contribution is 8.00. The van der Waals surface area contributed by atoms with E-state index in [9.17, 15) is 17.6 Å². The molecule has 0 aliphatic rings. The molecule has 116 valence electrons. The molecule has 22 heavy (non-hydrogen) atoms. The Labute approximate surface area is 137 Å². The molecule has 0 unspecified atom stereocenters. The molecule has 0 radical (unpaired) electrons. The van der Waals surface area contributed by atoms with E-state index in [0.717, 1.165) is 6.26 Å². The van der Waals surface area contributed by atoms with E-state index in [-0.39, 0.29) is 16.3 Å². The molecule has 0 aliphatic heterocycles. The van der Waals surface area contributed by atoms with Crippen LogP contribution in [-0.2, 0) is 9.84 Å². The van der Waals surface area contributed by atoms with Crippen molar-refractivity contribution in [3.63, 3.8) is 0 Å². The number of carbonyl (C=O) groups is 1. The summed E-state index contributed by atoms with van der Waals surface area (Å²) in [4.78, 5) is 12.6. The van der Waals surface area contributed by atoms with Gasteiger partial charge in [0.15, 0.2) is 9.84 Å². The number of hydrogen-bond donors (Lipinski definition) is 0. The third kappa shape index (κ3) is 3.88. The van der Waals surface area contributed by atoms with Gasteiger partial charge in [-0.3, -0.25) is 4.79 Å². The summed E-state index contributed by atoms with van der Waals surface area (Å²) < 4.78 is 36.9. The highest BCUT2D eigenvalue weighted by Crippen LogP contribution is 2.35. The Morgan fingerprint density at radius 1 is 1.18 bits per heavy atom. The maximum atomic E-state index is 12.9. The third-order valence-corrected chi connectivity index (χ3v) is 5.48. The summed E-state index contributed by atoms with van der Waals surface area (Å²) in [6.45, 7) is 1.68. The number of aryl methyl sites for hydroxylation is 1. The predicted octanol–water partition coefficient (Wildman–Crippen LogP) is 4.07. The second kappa shape index (κ2) is 6.40. The topological polar surface area (TPSA) is 51.2 Å². The molecule has 2 aromatic carbocycles. The van der Waals surface area contributed by atoms with Crippen molar-refractivity contribution in [2.24, 2.45) is 0 Å². The van der Waals surface area contributed by atoms with Crippen LogP contribution in [0.3, 0.4) is 0 Å². The van der Waals surface area contributed by atoms with Crippen LogP contribution < -0.4 is 0 Å². The van der Waals surface area contributed by atoms with Crippen LogP contribution in [0.2, 0.25) is 0 Å². The summed E-state index contributed by atoms with van der Waals surface area (Å²) in [5.41, 5.74) is 0.738. The molecule has 0 bridgehead atoms. The van der Waals surface area contributed by atoms with E-state index in [1.54, 1.807) is 25.1 Å². The number of sulfone groups is 1. The minimum atomic E-state index is -3.54. The largest absolute Gasteiger partial charge is 0.276 e. The first kappa shape index (κ1) is 17.0. The van der Waals surface area contributed by atoms with E-state index >= 15 is 0 Å². The van der Waals surface area contributed by atoms with E-state index in [1.165, 1.54) is 30.0 Å². The maximum Gasteiger partial charge on any atom is 0.252 e. The Morgan fingerprint density at radius 3 is 2.27 bits per heavy atom. The molecule has 7 heteroatoms. The molecule has 2 aromatic rings. The molecule has 0 aromatic heterocycles. The molecule has 0 heterocycles. The Balaban J connectivity index is 2.57. The van der Waals surface area contributed by atoms with Crippen molar-refractivity contribution in [3.05, 3.63) is 53.3 Å². The fourth-order valence-electron chi connectivity index (χ4n) is 1.87. The quantitative estimate of drug-likeness (QED) is 0.773. The molecular weight excluding hydrogens is 347 g/mol. The van der Waals surface area contributed by atoms with Crippen molar-refractivity contribution in [1.82, 2.24) is 0 Å². The zero-order chi connectivity index (χ0) is 16.5. The normalized spacial score (nSPS) is 11.5. The first-order valence-electron chi connectivity index (χ1n) is 6.16. The van der Waals surface area contributed by atoms with Crippen LogP contribution in [0.15, 0.2) is 51.1 Å². The van der Waals surface area contributed by atoms with Gasteiger partial charge in [-0.05, 0) is 60.5 Å². The summed E-state index contributed by atoms with van der Waals surface area (Å²) in [6, 6.07) is 8.59. The van der Waals surface area contributed by atoms with Gasteiger partial charge >= 0.3 is 0 Å². The number of hydrogen-bond acceptors (Lipinski definition) is 4.